The smallest absolute Gasteiger partial charge is 0.426 e. The molecule has 12 nitrogen and oxygen atoms in total. The number of nitrogens with one attached hydrogen (secondary N) is 4. The average Bonchev–Trinajstić information content (AvgIpc) is 3.34. The molecule has 0 bridgehead atoms. The summed E-state index contributed by atoms with van der Waals surface area (Å²) >= 11 is 6.04. The number of halogens is 1. The van der Waals surface area contributed by atoms with Crippen LogP contribution in [-0.4, -0.2) is 54.3 Å². The molecular formula is C31H31ClN4O8. The van der Waals surface area contributed by atoms with Crippen LogP contribution in [0.1, 0.15) is 41.9 Å². The van der Waals surface area contributed by atoms with Crippen LogP contribution in [0.4, 0.5) is 9.59 Å². The second kappa shape index (κ2) is 15.4. The maximum atomic E-state index is 12.7. The van der Waals surface area contributed by atoms with Gasteiger partial charge in [-0.25, -0.2) is 19.8 Å². The number of alkyl carbamates (subject to hydrolysis) is 1. The van der Waals surface area contributed by atoms with Gasteiger partial charge in [-0.15, -0.1) is 0 Å². The van der Waals surface area contributed by atoms with Crippen LogP contribution < -0.4 is 21.5 Å². The lowest BCUT2D eigenvalue weighted by Crippen LogP contribution is -2.53. The standard InChI is InChI=1S/C31H31ClN4O8/c32-25-14-6-1-9-19(25)17-43-30(41)33-16-8-7-15-26(34-28(38)29(39)40)27(37)35-36-31(42)44-18-24-22-12-4-2-10-20(22)21-11-3-5-13-23(21)24/h1-6,9-14,24,26H,7-8,15-18H2,(H,33,41)(H,34,38)(H,35,37)(H,36,42)(H,39,40)/t26-/m0/s1. The second-order valence-corrected chi connectivity index (χ2v) is 10.3. The maximum absolute atomic E-state index is 12.7. The summed E-state index contributed by atoms with van der Waals surface area (Å²) in [6.07, 6.45) is -0.872. The highest BCUT2D eigenvalue weighted by Crippen LogP contribution is 2.44. The van der Waals surface area contributed by atoms with Gasteiger partial charge < -0.3 is 25.2 Å². The third-order valence-corrected chi connectivity index (χ3v) is 7.32. The van der Waals surface area contributed by atoms with Crippen LogP contribution in [0.25, 0.3) is 11.1 Å². The summed E-state index contributed by atoms with van der Waals surface area (Å²) in [5.41, 5.74) is 9.12. The molecule has 0 aromatic heterocycles. The fourth-order valence-electron chi connectivity index (χ4n) is 4.80. The first-order valence-corrected chi connectivity index (χ1v) is 14.2. The predicted octanol–water partition coefficient (Wildman–Crippen LogP) is 3.88. The highest BCUT2D eigenvalue weighted by molar-refractivity contribution is 6.32. The van der Waals surface area contributed by atoms with Gasteiger partial charge in [0.2, 0.25) is 0 Å². The van der Waals surface area contributed by atoms with Crippen molar-refractivity contribution in [3.63, 3.8) is 0 Å². The molecule has 0 aliphatic heterocycles. The monoisotopic (exact) mass is 622 g/mol. The number of aliphatic carboxylic acids is 1. The van der Waals surface area contributed by atoms with Gasteiger partial charge in [0.1, 0.15) is 19.3 Å². The first-order valence-electron chi connectivity index (χ1n) is 13.8. The van der Waals surface area contributed by atoms with Crippen LogP contribution in [0, 0.1) is 0 Å². The topological polar surface area (TPSA) is 172 Å². The molecule has 1 atom stereocenters. The van der Waals surface area contributed by atoms with Crippen molar-refractivity contribution in [3.05, 3.63) is 94.5 Å². The Bertz CT molecular complexity index is 1490. The molecule has 0 unspecified atom stereocenters. The summed E-state index contributed by atoms with van der Waals surface area (Å²) in [7, 11) is 0. The highest BCUT2D eigenvalue weighted by Gasteiger charge is 2.29. The minimum absolute atomic E-state index is 0.00829. The van der Waals surface area contributed by atoms with E-state index in [2.05, 4.69) is 21.5 Å². The number of unbranched alkanes of at least 4 members (excludes halogenated alkanes) is 1. The van der Waals surface area contributed by atoms with Gasteiger partial charge in [0.05, 0.1) is 0 Å². The van der Waals surface area contributed by atoms with Crippen molar-refractivity contribution in [1.82, 2.24) is 21.5 Å². The van der Waals surface area contributed by atoms with Gasteiger partial charge >= 0.3 is 24.1 Å². The van der Waals surface area contributed by atoms with Gasteiger partial charge in [-0.1, -0.05) is 78.3 Å². The lowest BCUT2D eigenvalue weighted by atomic mass is 9.98. The van der Waals surface area contributed by atoms with Crippen molar-refractivity contribution in [3.8, 4) is 11.1 Å². The molecule has 0 fully saturated rings. The largest absolute Gasteiger partial charge is 0.474 e. The Morgan fingerprint density at radius 2 is 1.43 bits per heavy atom. The van der Waals surface area contributed by atoms with Gasteiger partial charge in [0.15, 0.2) is 0 Å². The number of carboxylic acids is 1. The second-order valence-electron chi connectivity index (χ2n) is 9.86. The average molecular weight is 623 g/mol. The fourth-order valence-corrected chi connectivity index (χ4v) is 4.99. The molecule has 0 saturated heterocycles. The number of ether oxygens (including phenoxy) is 2. The van der Waals surface area contributed by atoms with Crippen LogP contribution >= 0.6 is 11.6 Å². The molecule has 5 N–H and O–H groups in total. The molecule has 0 heterocycles. The van der Waals surface area contributed by atoms with Gasteiger partial charge in [0, 0.05) is 23.0 Å². The summed E-state index contributed by atoms with van der Waals surface area (Å²) in [6, 6.07) is 21.3. The molecule has 230 valence electrons. The summed E-state index contributed by atoms with van der Waals surface area (Å²) in [4.78, 5) is 59.9. The third-order valence-electron chi connectivity index (χ3n) is 6.95. The Labute approximate surface area is 258 Å². The van der Waals surface area contributed by atoms with Crippen LogP contribution in [0.5, 0.6) is 0 Å². The van der Waals surface area contributed by atoms with Crippen molar-refractivity contribution < 1.29 is 38.6 Å². The van der Waals surface area contributed by atoms with Crippen LogP contribution in [0.3, 0.4) is 0 Å². The van der Waals surface area contributed by atoms with Crippen LogP contribution in [0.2, 0.25) is 5.02 Å². The summed E-state index contributed by atoms with van der Waals surface area (Å²) < 4.78 is 10.5. The molecule has 0 saturated carbocycles. The van der Waals surface area contributed by atoms with Gasteiger partial charge in [-0.3, -0.25) is 15.0 Å². The Kier molecular flexibility index (Phi) is 11.1. The fraction of sp³-hybridized carbons (Fsp3) is 0.258. The van der Waals surface area contributed by atoms with E-state index in [-0.39, 0.29) is 32.1 Å². The molecule has 13 heteroatoms. The van der Waals surface area contributed by atoms with E-state index < -0.39 is 36.0 Å². The molecule has 1 aliphatic carbocycles. The van der Waals surface area contributed by atoms with E-state index in [1.54, 1.807) is 24.3 Å². The SMILES string of the molecule is O=C(NCCCC[C@H](NC(=O)C(=O)O)C(=O)NNC(=O)OCC1c2ccccc2-c2ccccc21)OCc1ccccc1Cl. The van der Waals surface area contributed by atoms with E-state index in [1.165, 1.54) is 0 Å². The number of hydrogen-bond acceptors (Lipinski definition) is 7. The molecule has 3 aromatic carbocycles. The molecule has 0 spiro atoms. The van der Waals surface area contributed by atoms with E-state index in [1.807, 2.05) is 48.5 Å². The number of carboxylic acid groups (broad SMARTS) is 1. The van der Waals surface area contributed by atoms with E-state index in [4.69, 9.17) is 26.2 Å². The number of amides is 4. The maximum Gasteiger partial charge on any atom is 0.426 e. The Hall–Kier alpha value is -5.10. The number of rotatable bonds is 11. The van der Waals surface area contributed by atoms with Crippen molar-refractivity contribution in [2.45, 2.75) is 37.8 Å². The number of benzene rings is 3. The normalized spacial score (nSPS) is 12.2. The Morgan fingerprint density at radius 3 is 2.09 bits per heavy atom. The van der Waals surface area contributed by atoms with Crippen molar-refractivity contribution in [2.24, 2.45) is 0 Å². The lowest BCUT2D eigenvalue weighted by Gasteiger charge is -2.18. The molecular weight excluding hydrogens is 592 g/mol. The van der Waals surface area contributed by atoms with Gasteiger partial charge in [-0.2, -0.15) is 0 Å². The van der Waals surface area contributed by atoms with E-state index >= 15 is 0 Å². The van der Waals surface area contributed by atoms with Crippen LogP contribution in [-0.2, 0) is 30.5 Å². The van der Waals surface area contributed by atoms with Crippen LogP contribution in [0.15, 0.2) is 72.8 Å². The molecule has 1 aliphatic rings. The Balaban J connectivity index is 1.21. The van der Waals surface area contributed by atoms with E-state index in [0.717, 1.165) is 22.3 Å². The van der Waals surface area contributed by atoms with Gasteiger partial charge in [0.25, 0.3) is 5.91 Å². The predicted molar refractivity (Wildman–Crippen MR) is 159 cm³/mol. The zero-order valence-corrected chi connectivity index (χ0v) is 24.3. The molecule has 4 amide bonds. The molecule has 4 rings (SSSR count). The highest BCUT2D eigenvalue weighted by atomic mass is 35.5. The molecule has 44 heavy (non-hydrogen) atoms. The first-order chi connectivity index (χ1) is 21.2. The number of hydrazine groups is 1. The quantitative estimate of drug-likeness (QED) is 0.122. The number of carbonyl (C=O) groups is 5. The van der Waals surface area contributed by atoms with Gasteiger partial charge in [-0.05, 0) is 47.6 Å². The zero-order chi connectivity index (χ0) is 31.5. The summed E-state index contributed by atoms with van der Waals surface area (Å²) in [6.45, 7) is 0.203. The minimum Gasteiger partial charge on any atom is -0.474 e. The molecule has 0 radical (unpaired) electrons. The van der Waals surface area contributed by atoms with E-state index in [9.17, 15) is 24.0 Å². The first kappa shape index (κ1) is 31.8. The minimum atomic E-state index is -1.77. The van der Waals surface area contributed by atoms with E-state index in [0.29, 0.717) is 23.4 Å². The third kappa shape index (κ3) is 8.48. The molecule has 3 aromatic rings. The summed E-state index contributed by atoms with van der Waals surface area (Å²) in [5.74, 6) is -4.18. The van der Waals surface area contributed by atoms with Crippen molar-refractivity contribution in [2.75, 3.05) is 13.2 Å². The summed E-state index contributed by atoms with van der Waals surface area (Å²) in [5, 5.41) is 14.1. The zero-order valence-electron chi connectivity index (χ0n) is 23.5. The van der Waals surface area contributed by atoms with Crippen molar-refractivity contribution >= 4 is 41.6 Å². The van der Waals surface area contributed by atoms with Crippen molar-refractivity contribution in [1.29, 1.82) is 0 Å². The number of fused-ring (bicyclic) bond motifs is 3. The lowest BCUT2D eigenvalue weighted by molar-refractivity contribution is -0.151. The number of hydrogen-bond donors (Lipinski definition) is 5. The number of carbonyl (C=O) groups excluding carboxylic acids is 4. The Morgan fingerprint density at radius 1 is 0.795 bits per heavy atom.